The molecule has 1 unspecified atom stereocenters. The van der Waals surface area contributed by atoms with E-state index in [1.807, 2.05) is 20.8 Å². The summed E-state index contributed by atoms with van der Waals surface area (Å²) in [5, 5.41) is 0. The van der Waals surface area contributed by atoms with Gasteiger partial charge in [-0.2, -0.15) is 0 Å². The number of fused-ring (bicyclic) bond motifs is 1. The van der Waals surface area contributed by atoms with Gasteiger partial charge < -0.3 is 25.0 Å². The third-order valence-electron chi connectivity index (χ3n) is 4.94. The molecule has 8 nitrogen and oxygen atoms in total. The lowest BCUT2D eigenvalue weighted by Crippen LogP contribution is -2.49. The average Bonchev–Trinajstić information content (AvgIpc) is 2.62. The molecule has 1 aromatic rings. The molecule has 0 spiro atoms. The number of nitrogens with two attached hydrogens (primary N) is 1. The summed E-state index contributed by atoms with van der Waals surface area (Å²) in [6.07, 6.45) is -0.948. The number of benzene rings is 1. The molecule has 1 heterocycles. The van der Waals surface area contributed by atoms with Gasteiger partial charge in [-0.05, 0) is 46.8 Å². The molecule has 0 bridgehead atoms. The van der Waals surface area contributed by atoms with Gasteiger partial charge >= 0.3 is 6.09 Å². The predicted octanol–water partition coefficient (Wildman–Crippen LogP) is 2.90. The second-order valence-corrected chi connectivity index (χ2v) is 9.09. The Labute approximate surface area is 178 Å². The average molecular weight is 420 g/mol. The van der Waals surface area contributed by atoms with Crippen LogP contribution in [-0.2, 0) is 4.74 Å². The Hall–Kier alpha value is -2.77. The van der Waals surface area contributed by atoms with Gasteiger partial charge in [-0.25, -0.2) is 4.79 Å². The topological polar surface area (TPSA) is 102 Å². The van der Waals surface area contributed by atoms with E-state index in [0.29, 0.717) is 6.54 Å². The quantitative estimate of drug-likeness (QED) is 0.808. The van der Waals surface area contributed by atoms with Gasteiger partial charge in [0, 0.05) is 25.6 Å². The second-order valence-electron chi connectivity index (χ2n) is 9.09. The lowest BCUT2D eigenvalue weighted by atomic mass is 9.98. The number of carbonyl (C=O) groups excluding carboxylic acids is 3. The fraction of sp³-hybridized carbons (Fsp3) is 0.591. The Balaban J connectivity index is 2.44. The zero-order chi connectivity index (χ0) is 22.8. The molecule has 8 heteroatoms. The van der Waals surface area contributed by atoms with Gasteiger partial charge in [0.1, 0.15) is 17.5 Å². The summed E-state index contributed by atoms with van der Waals surface area (Å²) in [5.74, 6) is -0.845. The van der Waals surface area contributed by atoms with Gasteiger partial charge in [0.2, 0.25) is 0 Å². The van der Waals surface area contributed by atoms with Crippen molar-refractivity contribution in [2.75, 3.05) is 20.1 Å². The highest BCUT2D eigenvalue weighted by atomic mass is 16.6. The fourth-order valence-corrected chi connectivity index (χ4v) is 3.31. The largest absolute Gasteiger partial charge is 0.487 e. The van der Waals surface area contributed by atoms with E-state index in [-0.39, 0.29) is 41.3 Å². The van der Waals surface area contributed by atoms with Crippen molar-refractivity contribution in [3.8, 4) is 5.75 Å². The number of likely N-dealkylation sites (N-methyl/N-ethyl adjacent to an activating group) is 1. The van der Waals surface area contributed by atoms with Crippen LogP contribution in [0.15, 0.2) is 18.2 Å². The van der Waals surface area contributed by atoms with E-state index in [2.05, 4.69) is 0 Å². The minimum atomic E-state index is -0.678. The molecule has 30 heavy (non-hydrogen) atoms. The molecule has 0 saturated heterocycles. The van der Waals surface area contributed by atoms with Crippen LogP contribution in [0.2, 0.25) is 0 Å². The van der Waals surface area contributed by atoms with E-state index >= 15 is 0 Å². The fourth-order valence-electron chi connectivity index (χ4n) is 3.31. The zero-order valence-electron chi connectivity index (χ0n) is 18.9. The van der Waals surface area contributed by atoms with E-state index in [4.69, 9.17) is 15.2 Å². The first kappa shape index (κ1) is 23.5. The highest BCUT2D eigenvalue weighted by Crippen LogP contribution is 2.31. The number of para-hydroxylation sites is 1. The summed E-state index contributed by atoms with van der Waals surface area (Å²) >= 11 is 0. The molecule has 0 radical (unpaired) electrons. The van der Waals surface area contributed by atoms with E-state index in [9.17, 15) is 14.4 Å². The number of rotatable bonds is 4. The van der Waals surface area contributed by atoms with Crippen molar-refractivity contribution in [3.63, 3.8) is 0 Å². The third kappa shape index (κ3) is 5.43. The van der Waals surface area contributed by atoms with Gasteiger partial charge in [0.25, 0.3) is 11.8 Å². The summed E-state index contributed by atoms with van der Waals surface area (Å²) in [7, 11) is 1.63. The molecule has 0 aliphatic carbocycles. The molecule has 2 rings (SSSR count). The molecule has 0 aromatic heterocycles. The first-order chi connectivity index (χ1) is 13.8. The summed E-state index contributed by atoms with van der Waals surface area (Å²) < 4.78 is 11.6. The lowest BCUT2D eigenvalue weighted by Gasteiger charge is -2.38. The maximum atomic E-state index is 13.2. The molecule has 166 valence electrons. The zero-order valence-corrected chi connectivity index (χ0v) is 18.9. The minimum Gasteiger partial charge on any atom is -0.487 e. The van der Waals surface area contributed by atoms with Crippen molar-refractivity contribution in [1.82, 2.24) is 9.80 Å². The molecular formula is C22H33N3O5. The number of amides is 3. The van der Waals surface area contributed by atoms with Gasteiger partial charge in [-0.3, -0.25) is 9.59 Å². The number of primary amides is 1. The number of nitrogens with zero attached hydrogens (tertiary/aromatic N) is 2. The number of hydrogen-bond donors (Lipinski definition) is 1. The molecule has 1 aromatic carbocycles. The Morgan fingerprint density at radius 3 is 2.50 bits per heavy atom. The standard InChI is InChI=1S/C22H33N3O5/c1-13(2)25-11-14(3)17(12-24(7)21(28)30-22(4,5)6)29-18-15(19(23)26)9-8-10-16(18)20(25)27/h8-10,13-14,17H,11-12H2,1-7H3,(H2,23,26)/t14?,17-/m0/s1. The monoisotopic (exact) mass is 419 g/mol. The summed E-state index contributed by atoms with van der Waals surface area (Å²) in [6, 6.07) is 4.73. The molecule has 2 N–H and O–H groups in total. The molecule has 0 saturated carbocycles. The van der Waals surface area contributed by atoms with Crippen LogP contribution < -0.4 is 10.5 Å². The molecule has 1 aliphatic rings. The highest BCUT2D eigenvalue weighted by Gasteiger charge is 2.35. The normalized spacial score (nSPS) is 19.5. The Kier molecular flexibility index (Phi) is 7.00. The lowest BCUT2D eigenvalue weighted by molar-refractivity contribution is 0.0128. The van der Waals surface area contributed by atoms with Crippen LogP contribution in [0.1, 0.15) is 62.3 Å². The van der Waals surface area contributed by atoms with Crippen molar-refractivity contribution in [3.05, 3.63) is 29.3 Å². The molecule has 2 atom stereocenters. The number of hydrogen-bond acceptors (Lipinski definition) is 5. The van der Waals surface area contributed by atoms with Crippen molar-refractivity contribution >= 4 is 17.9 Å². The van der Waals surface area contributed by atoms with Crippen LogP contribution in [0.25, 0.3) is 0 Å². The van der Waals surface area contributed by atoms with Gasteiger partial charge in [0.05, 0.1) is 17.7 Å². The molecular weight excluding hydrogens is 386 g/mol. The van der Waals surface area contributed by atoms with Gasteiger partial charge in [-0.1, -0.05) is 13.0 Å². The third-order valence-corrected chi connectivity index (χ3v) is 4.94. The van der Waals surface area contributed by atoms with E-state index < -0.39 is 23.7 Å². The Morgan fingerprint density at radius 2 is 1.97 bits per heavy atom. The highest BCUT2D eigenvalue weighted by molar-refractivity contribution is 6.03. The van der Waals surface area contributed by atoms with Crippen molar-refractivity contribution in [1.29, 1.82) is 0 Å². The number of ether oxygens (including phenoxy) is 2. The van der Waals surface area contributed by atoms with E-state index in [0.717, 1.165) is 0 Å². The molecule has 1 aliphatic heterocycles. The SMILES string of the molecule is CC1CN(C(C)C)C(=O)c2cccc(C(N)=O)c2O[C@H]1CN(C)C(=O)OC(C)(C)C. The maximum Gasteiger partial charge on any atom is 0.410 e. The van der Waals surface area contributed by atoms with Crippen molar-refractivity contribution < 1.29 is 23.9 Å². The van der Waals surface area contributed by atoms with E-state index in [1.165, 1.54) is 11.0 Å². The summed E-state index contributed by atoms with van der Waals surface area (Å²) in [4.78, 5) is 40.8. The molecule has 3 amide bonds. The van der Waals surface area contributed by atoms with Gasteiger partial charge in [0.15, 0.2) is 0 Å². The minimum absolute atomic E-state index is 0.0487. The van der Waals surface area contributed by atoms with Crippen molar-refractivity contribution in [2.24, 2.45) is 11.7 Å². The first-order valence-electron chi connectivity index (χ1n) is 10.2. The Bertz CT molecular complexity index is 815. The Morgan fingerprint density at radius 1 is 1.33 bits per heavy atom. The van der Waals surface area contributed by atoms with Gasteiger partial charge in [-0.15, -0.1) is 0 Å². The van der Waals surface area contributed by atoms with Crippen LogP contribution in [0, 0.1) is 5.92 Å². The first-order valence-corrected chi connectivity index (χ1v) is 10.2. The smallest absolute Gasteiger partial charge is 0.410 e. The van der Waals surface area contributed by atoms with Crippen LogP contribution in [0.5, 0.6) is 5.75 Å². The summed E-state index contributed by atoms with van der Waals surface area (Å²) in [5.41, 5.74) is 5.35. The predicted molar refractivity (Wildman–Crippen MR) is 114 cm³/mol. The molecule has 0 fully saturated rings. The summed E-state index contributed by atoms with van der Waals surface area (Å²) in [6.45, 7) is 11.9. The van der Waals surface area contributed by atoms with E-state index in [1.54, 1.807) is 44.9 Å². The second kappa shape index (κ2) is 8.93. The number of carbonyl (C=O) groups is 3. The van der Waals surface area contributed by atoms with Crippen LogP contribution in [0.4, 0.5) is 4.79 Å². The van der Waals surface area contributed by atoms with Crippen LogP contribution in [0.3, 0.4) is 0 Å². The maximum absolute atomic E-state index is 13.2. The van der Waals surface area contributed by atoms with Crippen LogP contribution in [-0.4, -0.2) is 65.6 Å². The van der Waals surface area contributed by atoms with Crippen molar-refractivity contribution in [2.45, 2.75) is 59.3 Å². The van der Waals surface area contributed by atoms with Crippen LogP contribution >= 0.6 is 0 Å².